The van der Waals surface area contributed by atoms with Crippen molar-refractivity contribution in [1.29, 1.82) is 0 Å². The maximum atomic E-state index is 12.4. The molecular formula is C17H15N3O4S2. The van der Waals surface area contributed by atoms with Crippen LogP contribution in [-0.4, -0.2) is 31.6 Å². The minimum Gasteiger partial charge on any atom is -0.496 e. The number of hydrogen-bond donors (Lipinski definition) is 1. The lowest BCUT2D eigenvalue weighted by Gasteiger charge is -2.06. The molecule has 0 radical (unpaired) electrons. The second-order valence-electron chi connectivity index (χ2n) is 5.27. The molecule has 0 saturated heterocycles. The molecule has 3 aromatic rings. The molecule has 26 heavy (non-hydrogen) atoms. The fourth-order valence-electron chi connectivity index (χ4n) is 2.24. The number of para-hydroxylation sites is 1. The Balaban J connectivity index is 1.76. The highest BCUT2D eigenvalue weighted by molar-refractivity contribution is 7.92. The van der Waals surface area contributed by atoms with Crippen molar-refractivity contribution in [3.63, 3.8) is 0 Å². The molecular weight excluding hydrogens is 374 g/mol. The molecule has 7 nitrogen and oxygen atoms in total. The second-order valence-corrected chi connectivity index (χ2v) is 8.41. The van der Waals surface area contributed by atoms with Gasteiger partial charge in [-0.25, -0.2) is 8.42 Å². The number of methoxy groups -OCH3 is 1. The van der Waals surface area contributed by atoms with Gasteiger partial charge in [-0.15, -0.1) is 10.2 Å². The highest BCUT2D eigenvalue weighted by Gasteiger charge is 2.22. The summed E-state index contributed by atoms with van der Waals surface area (Å²) < 4.78 is 29.9. The van der Waals surface area contributed by atoms with Crippen LogP contribution >= 0.6 is 11.3 Å². The normalized spacial score (nSPS) is 11.1. The van der Waals surface area contributed by atoms with Gasteiger partial charge in [-0.05, 0) is 17.7 Å². The Labute approximate surface area is 154 Å². The van der Waals surface area contributed by atoms with E-state index in [-0.39, 0.29) is 15.2 Å². The summed E-state index contributed by atoms with van der Waals surface area (Å²) in [5.41, 5.74) is 0.973. The maximum absolute atomic E-state index is 12.4. The number of benzene rings is 2. The van der Waals surface area contributed by atoms with Gasteiger partial charge in [0.1, 0.15) is 5.75 Å². The Morgan fingerprint density at radius 1 is 1.08 bits per heavy atom. The van der Waals surface area contributed by atoms with Gasteiger partial charge in [0, 0.05) is 0 Å². The topological polar surface area (TPSA) is 98.2 Å². The quantitative estimate of drug-likeness (QED) is 0.651. The summed E-state index contributed by atoms with van der Waals surface area (Å²) in [7, 11) is -2.17. The Bertz CT molecular complexity index is 1020. The first-order chi connectivity index (χ1) is 12.5. The number of ether oxygens (including phenoxy) is 1. The van der Waals surface area contributed by atoms with Gasteiger partial charge in [0.15, 0.2) is 0 Å². The summed E-state index contributed by atoms with van der Waals surface area (Å²) in [4.78, 5) is 12.3. The van der Waals surface area contributed by atoms with Crippen LogP contribution in [0.4, 0.5) is 5.13 Å². The summed E-state index contributed by atoms with van der Waals surface area (Å²) in [6.07, 6.45) is 0. The van der Waals surface area contributed by atoms with Crippen LogP contribution in [-0.2, 0) is 15.6 Å². The molecule has 0 fully saturated rings. The number of anilines is 1. The molecule has 0 aliphatic heterocycles. The van der Waals surface area contributed by atoms with Crippen LogP contribution in [0.3, 0.4) is 0 Å². The first kappa shape index (κ1) is 18.0. The zero-order valence-electron chi connectivity index (χ0n) is 13.7. The van der Waals surface area contributed by atoms with Crippen LogP contribution in [0, 0.1) is 0 Å². The van der Waals surface area contributed by atoms with Crippen molar-refractivity contribution in [2.45, 2.75) is 10.1 Å². The van der Waals surface area contributed by atoms with Gasteiger partial charge in [0.25, 0.3) is 5.91 Å². The fraction of sp³-hybridized carbons (Fsp3) is 0.118. The predicted molar refractivity (Wildman–Crippen MR) is 98.2 cm³/mol. The second kappa shape index (κ2) is 7.63. The van der Waals surface area contributed by atoms with E-state index in [2.05, 4.69) is 15.5 Å². The van der Waals surface area contributed by atoms with Gasteiger partial charge in [0.05, 0.1) is 18.4 Å². The third-order valence-corrected chi connectivity index (χ3v) is 6.42. The number of aromatic nitrogens is 2. The van der Waals surface area contributed by atoms with E-state index in [4.69, 9.17) is 4.74 Å². The van der Waals surface area contributed by atoms with Gasteiger partial charge >= 0.3 is 0 Å². The summed E-state index contributed by atoms with van der Waals surface area (Å²) in [5, 5.41) is 10.1. The SMILES string of the molecule is COc1ccccc1C(=O)Nc1nnc(S(=O)(=O)Cc2ccccc2)s1. The van der Waals surface area contributed by atoms with E-state index >= 15 is 0 Å². The molecule has 2 aromatic carbocycles. The number of rotatable bonds is 6. The molecule has 9 heteroatoms. The molecule has 1 N–H and O–H groups in total. The Morgan fingerprint density at radius 3 is 2.50 bits per heavy atom. The summed E-state index contributed by atoms with van der Waals surface area (Å²) in [6, 6.07) is 15.5. The highest BCUT2D eigenvalue weighted by Crippen LogP contribution is 2.25. The molecule has 1 amide bonds. The highest BCUT2D eigenvalue weighted by atomic mass is 32.2. The largest absolute Gasteiger partial charge is 0.496 e. The van der Waals surface area contributed by atoms with Crippen LogP contribution in [0.5, 0.6) is 5.75 Å². The van der Waals surface area contributed by atoms with Crippen LogP contribution in [0.2, 0.25) is 0 Å². The van der Waals surface area contributed by atoms with Gasteiger partial charge in [-0.2, -0.15) is 0 Å². The van der Waals surface area contributed by atoms with Crippen molar-refractivity contribution in [3.8, 4) is 5.75 Å². The maximum Gasteiger partial charge on any atom is 0.261 e. The van der Waals surface area contributed by atoms with Gasteiger partial charge in [-0.3, -0.25) is 10.1 Å². The molecule has 0 aliphatic carbocycles. The number of nitrogens with zero attached hydrogens (tertiary/aromatic N) is 2. The summed E-state index contributed by atoms with van der Waals surface area (Å²) >= 11 is 0.813. The van der Waals surface area contributed by atoms with Crippen molar-refractivity contribution in [1.82, 2.24) is 10.2 Å². The number of sulfone groups is 1. The lowest BCUT2D eigenvalue weighted by molar-refractivity contribution is 0.102. The minimum absolute atomic E-state index is 0.104. The lowest BCUT2D eigenvalue weighted by atomic mass is 10.2. The van der Waals surface area contributed by atoms with Crippen molar-refractivity contribution in [2.24, 2.45) is 0 Å². The Morgan fingerprint density at radius 2 is 1.77 bits per heavy atom. The standard InChI is InChI=1S/C17H15N3O4S2/c1-24-14-10-6-5-9-13(14)15(21)18-16-19-20-17(25-16)26(22,23)11-12-7-3-2-4-8-12/h2-10H,11H2,1H3,(H,18,19,21). The minimum atomic E-state index is -3.64. The Kier molecular flexibility index (Phi) is 5.29. The monoisotopic (exact) mass is 389 g/mol. The zero-order chi connectivity index (χ0) is 18.6. The first-order valence-corrected chi connectivity index (χ1v) is 10.0. The molecule has 0 bridgehead atoms. The third kappa shape index (κ3) is 4.06. The number of nitrogens with one attached hydrogen (secondary N) is 1. The van der Waals surface area contributed by atoms with Crippen LogP contribution < -0.4 is 10.1 Å². The van der Waals surface area contributed by atoms with Crippen LogP contribution in [0.25, 0.3) is 0 Å². The number of hydrogen-bond acceptors (Lipinski definition) is 7. The van der Waals surface area contributed by atoms with Crippen molar-refractivity contribution in [2.75, 3.05) is 12.4 Å². The molecule has 0 unspecified atom stereocenters. The fourth-order valence-corrected chi connectivity index (χ4v) is 4.55. The van der Waals surface area contributed by atoms with Gasteiger partial charge < -0.3 is 4.74 Å². The lowest BCUT2D eigenvalue weighted by Crippen LogP contribution is -2.12. The first-order valence-electron chi connectivity index (χ1n) is 7.54. The van der Waals surface area contributed by atoms with E-state index in [0.29, 0.717) is 16.9 Å². The average molecular weight is 389 g/mol. The van der Waals surface area contributed by atoms with E-state index in [9.17, 15) is 13.2 Å². The molecule has 0 aliphatic rings. The average Bonchev–Trinajstić information content (AvgIpc) is 3.11. The molecule has 3 rings (SSSR count). The smallest absolute Gasteiger partial charge is 0.261 e. The van der Waals surface area contributed by atoms with Crippen molar-refractivity contribution >= 4 is 32.2 Å². The molecule has 0 atom stereocenters. The van der Waals surface area contributed by atoms with E-state index in [1.807, 2.05) is 6.07 Å². The van der Waals surface area contributed by atoms with Crippen molar-refractivity contribution in [3.05, 3.63) is 65.7 Å². The van der Waals surface area contributed by atoms with Crippen LogP contribution in [0.1, 0.15) is 15.9 Å². The molecule has 1 heterocycles. The molecule has 1 aromatic heterocycles. The summed E-state index contributed by atoms with van der Waals surface area (Å²) in [5.74, 6) is -0.222. The van der Waals surface area contributed by atoms with E-state index < -0.39 is 15.7 Å². The van der Waals surface area contributed by atoms with E-state index in [1.54, 1.807) is 48.5 Å². The zero-order valence-corrected chi connectivity index (χ0v) is 15.4. The van der Waals surface area contributed by atoms with Crippen LogP contribution in [0.15, 0.2) is 58.9 Å². The Hall–Kier alpha value is -2.78. The summed E-state index contributed by atoms with van der Waals surface area (Å²) in [6.45, 7) is 0. The van der Waals surface area contributed by atoms with Gasteiger partial charge in [-0.1, -0.05) is 53.8 Å². The van der Waals surface area contributed by atoms with E-state index in [1.165, 1.54) is 7.11 Å². The third-order valence-electron chi connectivity index (χ3n) is 3.44. The number of carbonyl (C=O) groups is 1. The van der Waals surface area contributed by atoms with E-state index in [0.717, 1.165) is 11.3 Å². The number of carbonyl (C=O) groups excluding carboxylic acids is 1. The van der Waals surface area contributed by atoms with Crippen molar-refractivity contribution < 1.29 is 17.9 Å². The molecule has 134 valence electrons. The van der Waals surface area contributed by atoms with Gasteiger partial charge in [0.2, 0.25) is 19.3 Å². The molecule has 0 saturated carbocycles. The molecule has 0 spiro atoms. The predicted octanol–water partition coefficient (Wildman–Crippen LogP) is 2.77. The number of amides is 1.